The molecule has 1 saturated heterocycles. The van der Waals surface area contributed by atoms with E-state index < -0.39 is 0 Å². The molecule has 0 aromatic heterocycles. The van der Waals surface area contributed by atoms with Crippen molar-refractivity contribution in [2.24, 2.45) is 11.8 Å². The zero-order valence-corrected chi connectivity index (χ0v) is 12.8. The van der Waals surface area contributed by atoms with Gasteiger partial charge in [0.15, 0.2) is 0 Å². The van der Waals surface area contributed by atoms with Crippen molar-refractivity contribution >= 4 is 28.9 Å². The Morgan fingerprint density at radius 2 is 2.30 bits per heavy atom. The van der Waals surface area contributed by atoms with Crippen LogP contribution < -0.4 is 11.1 Å². The summed E-state index contributed by atoms with van der Waals surface area (Å²) in [6.45, 7) is 6.89. The quantitative estimate of drug-likeness (QED) is 0.840. The van der Waals surface area contributed by atoms with Gasteiger partial charge in [0.2, 0.25) is 5.91 Å². The van der Waals surface area contributed by atoms with Crippen LogP contribution in [0.5, 0.6) is 0 Å². The van der Waals surface area contributed by atoms with Gasteiger partial charge < -0.3 is 11.1 Å². The predicted molar refractivity (Wildman–Crippen MR) is 83.9 cm³/mol. The third-order valence-corrected chi connectivity index (χ3v) is 4.14. The van der Waals surface area contributed by atoms with Gasteiger partial charge in [-0.1, -0.05) is 25.4 Å². The number of benzene rings is 1. The van der Waals surface area contributed by atoms with Gasteiger partial charge in [-0.2, -0.15) is 0 Å². The maximum Gasteiger partial charge on any atom is 0.238 e. The predicted octanol–water partition coefficient (Wildman–Crippen LogP) is 2.84. The van der Waals surface area contributed by atoms with Crippen LogP contribution in [0.1, 0.15) is 20.3 Å². The molecule has 1 fully saturated rings. The standard InChI is InChI=1S/C15H22ClN3O/c1-10(2)11-5-6-19(8-11)9-15(20)18-14-4-3-12(16)7-13(14)17/h3-4,7,10-11H,5-6,8-9,17H2,1-2H3,(H,18,20). The smallest absolute Gasteiger partial charge is 0.238 e. The van der Waals surface area contributed by atoms with Gasteiger partial charge in [0, 0.05) is 11.6 Å². The van der Waals surface area contributed by atoms with Crippen molar-refractivity contribution in [3.05, 3.63) is 23.2 Å². The van der Waals surface area contributed by atoms with Crippen LogP contribution >= 0.6 is 11.6 Å². The van der Waals surface area contributed by atoms with E-state index in [1.165, 1.54) is 6.42 Å². The number of nitrogen functional groups attached to an aromatic ring is 1. The Kier molecular flexibility index (Phi) is 4.89. The molecule has 1 aromatic carbocycles. The van der Waals surface area contributed by atoms with Crippen molar-refractivity contribution in [1.82, 2.24) is 4.90 Å². The minimum Gasteiger partial charge on any atom is -0.397 e. The molecule has 1 aromatic rings. The number of nitrogens with one attached hydrogen (secondary N) is 1. The van der Waals surface area contributed by atoms with Gasteiger partial charge in [0.05, 0.1) is 17.9 Å². The minimum atomic E-state index is -0.0246. The second-order valence-corrected chi connectivity index (χ2v) is 6.24. The normalized spacial score (nSPS) is 19.5. The summed E-state index contributed by atoms with van der Waals surface area (Å²) in [5.74, 6) is 1.35. The molecule has 20 heavy (non-hydrogen) atoms. The molecule has 2 rings (SSSR count). The number of hydrogen-bond donors (Lipinski definition) is 2. The minimum absolute atomic E-state index is 0.0246. The lowest BCUT2D eigenvalue weighted by molar-refractivity contribution is -0.117. The van der Waals surface area contributed by atoms with Crippen molar-refractivity contribution in [3.63, 3.8) is 0 Å². The summed E-state index contributed by atoms with van der Waals surface area (Å²) in [4.78, 5) is 14.2. The summed E-state index contributed by atoms with van der Waals surface area (Å²) in [6.07, 6.45) is 1.17. The molecule has 1 aliphatic rings. The Hall–Kier alpha value is -1.26. The molecule has 4 nitrogen and oxygen atoms in total. The van der Waals surface area contributed by atoms with Gasteiger partial charge in [0.25, 0.3) is 0 Å². The number of carbonyl (C=O) groups excluding carboxylic acids is 1. The molecule has 5 heteroatoms. The highest BCUT2D eigenvalue weighted by molar-refractivity contribution is 6.31. The van der Waals surface area contributed by atoms with E-state index >= 15 is 0 Å². The first-order valence-electron chi connectivity index (χ1n) is 7.03. The lowest BCUT2D eigenvalue weighted by atomic mass is 9.95. The molecule has 1 unspecified atom stereocenters. The number of anilines is 2. The van der Waals surface area contributed by atoms with Gasteiger partial charge in [-0.15, -0.1) is 0 Å². The van der Waals surface area contributed by atoms with Gasteiger partial charge >= 0.3 is 0 Å². The van der Waals surface area contributed by atoms with E-state index in [-0.39, 0.29) is 5.91 Å². The Bertz CT molecular complexity index is 490. The average molecular weight is 296 g/mol. The number of hydrogen-bond acceptors (Lipinski definition) is 3. The number of rotatable bonds is 4. The van der Waals surface area contributed by atoms with E-state index in [0.717, 1.165) is 13.1 Å². The van der Waals surface area contributed by atoms with Gasteiger partial charge in [-0.05, 0) is 43.0 Å². The summed E-state index contributed by atoms with van der Waals surface area (Å²) < 4.78 is 0. The number of carbonyl (C=O) groups is 1. The fraction of sp³-hybridized carbons (Fsp3) is 0.533. The van der Waals surface area contributed by atoms with Crippen LogP contribution in [0.15, 0.2) is 18.2 Å². The van der Waals surface area contributed by atoms with Gasteiger partial charge in [-0.3, -0.25) is 9.69 Å². The second kappa shape index (κ2) is 6.46. The highest BCUT2D eigenvalue weighted by Crippen LogP contribution is 2.24. The first-order chi connectivity index (χ1) is 9.45. The van der Waals surface area contributed by atoms with Crippen molar-refractivity contribution in [3.8, 4) is 0 Å². The highest BCUT2D eigenvalue weighted by Gasteiger charge is 2.26. The number of nitrogens with two attached hydrogens (primary N) is 1. The molecule has 0 bridgehead atoms. The number of nitrogens with zero attached hydrogens (tertiary/aromatic N) is 1. The largest absolute Gasteiger partial charge is 0.397 e. The summed E-state index contributed by atoms with van der Waals surface area (Å²) in [5.41, 5.74) is 6.94. The van der Waals surface area contributed by atoms with Crippen LogP contribution in [0.3, 0.4) is 0 Å². The summed E-state index contributed by atoms with van der Waals surface area (Å²) in [7, 11) is 0. The van der Waals surface area contributed by atoms with Gasteiger partial charge in [-0.25, -0.2) is 0 Å². The molecule has 110 valence electrons. The molecule has 0 spiro atoms. The van der Waals surface area contributed by atoms with Crippen LogP contribution in [0.2, 0.25) is 5.02 Å². The third-order valence-electron chi connectivity index (χ3n) is 3.91. The zero-order chi connectivity index (χ0) is 14.7. The lowest BCUT2D eigenvalue weighted by Crippen LogP contribution is -2.32. The van der Waals surface area contributed by atoms with Gasteiger partial charge in [0.1, 0.15) is 0 Å². The fourth-order valence-electron chi connectivity index (χ4n) is 2.59. The maximum atomic E-state index is 12.0. The van der Waals surface area contributed by atoms with E-state index in [1.54, 1.807) is 18.2 Å². The van der Waals surface area contributed by atoms with E-state index in [9.17, 15) is 4.79 Å². The van der Waals surface area contributed by atoms with Crippen LogP contribution in [-0.2, 0) is 4.79 Å². The first-order valence-corrected chi connectivity index (χ1v) is 7.40. The molecule has 1 heterocycles. The Labute approximate surface area is 125 Å². The molecule has 0 radical (unpaired) electrons. The van der Waals surface area contributed by atoms with Crippen molar-refractivity contribution in [1.29, 1.82) is 0 Å². The molecule has 1 atom stereocenters. The lowest BCUT2D eigenvalue weighted by Gasteiger charge is -2.17. The Morgan fingerprint density at radius 1 is 1.55 bits per heavy atom. The summed E-state index contributed by atoms with van der Waals surface area (Å²) >= 11 is 5.84. The Morgan fingerprint density at radius 3 is 2.90 bits per heavy atom. The molecular weight excluding hydrogens is 274 g/mol. The monoisotopic (exact) mass is 295 g/mol. The van der Waals surface area contributed by atoms with E-state index in [1.807, 2.05) is 0 Å². The molecule has 0 saturated carbocycles. The number of halogens is 1. The summed E-state index contributed by atoms with van der Waals surface area (Å²) in [5, 5.41) is 3.41. The van der Waals surface area contributed by atoms with Crippen molar-refractivity contribution in [2.45, 2.75) is 20.3 Å². The van der Waals surface area contributed by atoms with Crippen LogP contribution in [0.25, 0.3) is 0 Å². The molecular formula is C15H22ClN3O. The molecule has 3 N–H and O–H groups in total. The zero-order valence-electron chi connectivity index (χ0n) is 12.0. The molecule has 0 aliphatic carbocycles. The van der Waals surface area contributed by atoms with Crippen molar-refractivity contribution in [2.75, 3.05) is 30.7 Å². The van der Waals surface area contributed by atoms with Crippen molar-refractivity contribution < 1.29 is 4.79 Å². The average Bonchev–Trinajstić information content (AvgIpc) is 2.81. The third kappa shape index (κ3) is 3.87. The molecule has 1 amide bonds. The SMILES string of the molecule is CC(C)C1CCN(CC(=O)Nc2ccc(Cl)cc2N)C1. The maximum absolute atomic E-state index is 12.0. The van der Waals surface area contributed by atoms with Crippen LogP contribution in [0, 0.1) is 11.8 Å². The Balaban J connectivity index is 1.87. The van der Waals surface area contributed by atoms with Crippen LogP contribution in [-0.4, -0.2) is 30.4 Å². The van der Waals surface area contributed by atoms with E-state index in [4.69, 9.17) is 17.3 Å². The number of amides is 1. The first kappa shape index (κ1) is 15.1. The fourth-order valence-corrected chi connectivity index (χ4v) is 2.77. The molecule has 1 aliphatic heterocycles. The van der Waals surface area contributed by atoms with E-state index in [0.29, 0.717) is 34.8 Å². The van der Waals surface area contributed by atoms with Crippen LogP contribution in [0.4, 0.5) is 11.4 Å². The number of likely N-dealkylation sites (tertiary alicyclic amines) is 1. The topological polar surface area (TPSA) is 58.4 Å². The highest BCUT2D eigenvalue weighted by atomic mass is 35.5. The second-order valence-electron chi connectivity index (χ2n) is 5.81. The van der Waals surface area contributed by atoms with E-state index in [2.05, 4.69) is 24.1 Å². The summed E-state index contributed by atoms with van der Waals surface area (Å²) in [6, 6.07) is 5.09.